The van der Waals surface area contributed by atoms with E-state index < -0.39 is 5.97 Å². The number of carbonyl (C=O) groups is 1. The summed E-state index contributed by atoms with van der Waals surface area (Å²) in [5.74, 6) is -1.32. The summed E-state index contributed by atoms with van der Waals surface area (Å²) in [7, 11) is 0. The zero-order chi connectivity index (χ0) is 14.1. The van der Waals surface area contributed by atoms with Gasteiger partial charge >= 0.3 is 5.97 Å². The second kappa shape index (κ2) is 4.77. The van der Waals surface area contributed by atoms with Crippen molar-refractivity contribution in [1.82, 2.24) is 9.55 Å². The Bertz CT molecular complexity index is 795. The number of benzene rings is 2. The van der Waals surface area contributed by atoms with Crippen molar-refractivity contribution >= 4 is 17.0 Å². The fourth-order valence-electron chi connectivity index (χ4n) is 2.25. The summed E-state index contributed by atoms with van der Waals surface area (Å²) in [5, 5.41) is 9.23. The van der Waals surface area contributed by atoms with Crippen molar-refractivity contribution in [3.05, 3.63) is 65.7 Å². The van der Waals surface area contributed by atoms with Crippen LogP contribution in [0.4, 0.5) is 4.39 Å². The summed E-state index contributed by atoms with van der Waals surface area (Å²) in [6.45, 7) is 0.374. The number of fused-ring (bicyclic) bond motifs is 1. The molecule has 0 bridgehead atoms. The van der Waals surface area contributed by atoms with Crippen LogP contribution in [0.5, 0.6) is 0 Å². The first kappa shape index (κ1) is 12.3. The number of hydrogen-bond acceptors (Lipinski definition) is 2. The van der Waals surface area contributed by atoms with Gasteiger partial charge in [-0.2, -0.15) is 0 Å². The first-order valence-corrected chi connectivity index (χ1v) is 6.07. The number of hydrogen-bond donors (Lipinski definition) is 1. The molecule has 0 amide bonds. The van der Waals surface area contributed by atoms with E-state index in [0.29, 0.717) is 17.6 Å². The maximum absolute atomic E-state index is 13.2. The second-order valence-electron chi connectivity index (χ2n) is 4.48. The molecule has 0 saturated carbocycles. The fourth-order valence-corrected chi connectivity index (χ4v) is 2.25. The second-order valence-corrected chi connectivity index (χ2v) is 4.48. The average molecular weight is 270 g/mol. The summed E-state index contributed by atoms with van der Waals surface area (Å²) in [4.78, 5) is 15.5. The topological polar surface area (TPSA) is 55.1 Å². The zero-order valence-corrected chi connectivity index (χ0v) is 10.5. The number of carboxylic acid groups (broad SMARTS) is 1. The Kier molecular flexibility index (Phi) is 2.95. The molecule has 0 atom stereocenters. The van der Waals surface area contributed by atoms with Crippen molar-refractivity contribution in [3.63, 3.8) is 0 Å². The van der Waals surface area contributed by atoms with Crippen LogP contribution in [-0.4, -0.2) is 20.6 Å². The molecule has 1 aromatic heterocycles. The van der Waals surface area contributed by atoms with Crippen LogP contribution in [0.1, 0.15) is 15.9 Å². The van der Waals surface area contributed by atoms with Crippen LogP contribution in [0.15, 0.2) is 48.8 Å². The van der Waals surface area contributed by atoms with Gasteiger partial charge < -0.3 is 9.67 Å². The Morgan fingerprint density at radius 3 is 2.80 bits per heavy atom. The Balaban J connectivity index is 2.10. The molecule has 0 saturated heterocycles. The molecule has 100 valence electrons. The van der Waals surface area contributed by atoms with Crippen molar-refractivity contribution in [2.24, 2.45) is 0 Å². The van der Waals surface area contributed by atoms with E-state index in [4.69, 9.17) is 0 Å². The third kappa shape index (κ3) is 2.14. The van der Waals surface area contributed by atoms with E-state index in [9.17, 15) is 14.3 Å². The van der Waals surface area contributed by atoms with Gasteiger partial charge in [-0.15, -0.1) is 0 Å². The van der Waals surface area contributed by atoms with Gasteiger partial charge in [-0.05, 0) is 29.8 Å². The molecule has 20 heavy (non-hydrogen) atoms. The van der Waals surface area contributed by atoms with Crippen molar-refractivity contribution in [3.8, 4) is 0 Å². The van der Waals surface area contributed by atoms with Gasteiger partial charge in [0.25, 0.3) is 0 Å². The summed E-state index contributed by atoms with van der Waals surface area (Å²) in [6, 6.07) is 11.2. The number of aromatic nitrogens is 2. The molecule has 0 aliphatic heterocycles. The molecule has 2 aromatic carbocycles. The lowest BCUT2D eigenvalue weighted by atomic mass is 10.1. The standard InChI is InChI=1S/C15H11FN2O2/c16-11-4-1-3-10(7-11)8-18-9-17-13-6-2-5-12(14(13)18)15(19)20/h1-7,9H,8H2,(H,19,20). The predicted molar refractivity (Wildman–Crippen MR) is 72.2 cm³/mol. The third-order valence-corrected chi connectivity index (χ3v) is 3.11. The number of imidazole rings is 1. The van der Waals surface area contributed by atoms with Crippen LogP contribution in [0.3, 0.4) is 0 Å². The number of nitrogens with zero attached hydrogens (tertiary/aromatic N) is 2. The van der Waals surface area contributed by atoms with Crippen LogP contribution in [0.2, 0.25) is 0 Å². The number of halogens is 1. The molecular formula is C15H11FN2O2. The highest BCUT2D eigenvalue weighted by Gasteiger charge is 2.13. The van der Waals surface area contributed by atoms with Crippen LogP contribution < -0.4 is 0 Å². The van der Waals surface area contributed by atoms with E-state index in [1.165, 1.54) is 18.2 Å². The molecule has 4 nitrogen and oxygen atoms in total. The monoisotopic (exact) mass is 270 g/mol. The summed E-state index contributed by atoms with van der Waals surface area (Å²) < 4.78 is 14.9. The summed E-state index contributed by atoms with van der Waals surface area (Å²) >= 11 is 0. The number of para-hydroxylation sites is 1. The maximum atomic E-state index is 13.2. The predicted octanol–water partition coefficient (Wildman–Crippen LogP) is 2.92. The van der Waals surface area contributed by atoms with Gasteiger partial charge in [-0.1, -0.05) is 18.2 Å². The SMILES string of the molecule is O=C(O)c1cccc2ncn(Cc3cccc(F)c3)c12. The normalized spacial score (nSPS) is 10.8. The number of rotatable bonds is 3. The maximum Gasteiger partial charge on any atom is 0.337 e. The highest BCUT2D eigenvalue weighted by atomic mass is 19.1. The molecule has 0 aliphatic carbocycles. The van der Waals surface area contributed by atoms with Crippen molar-refractivity contribution < 1.29 is 14.3 Å². The first-order valence-electron chi connectivity index (χ1n) is 6.07. The zero-order valence-electron chi connectivity index (χ0n) is 10.5. The molecule has 0 aliphatic rings. The molecule has 0 fully saturated rings. The lowest BCUT2D eigenvalue weighted by Crippen LogP contribution is -2.04. The molecule has 3 rings (SSSR count). The van der Waals surface area contributed by atoms with Gasteiger partial charge in [0.05, 0.1) is 22.9 Å². The Hall–Kier alpha value is -2.69. The molecular weight excluding hydrogens is 259 g/mol. The van der Waals surface area contributed by atoms with Gasteiger partial charge in [-0.3, -0.25) is 0 Å². The van der Waals surface area contributed by atoms with E-state index in [1.54, 1.807) is 35.2 Å². The van der Waals surface area contributed by atoms with E-state index >= 15 is 0 Å². The molecule has 3 aromatic rings. The van der Waals surface area contributed by atoms with Crippen molar-refractivity contribution in [1.29, 1.82) is 0 Å². The van der Waals surface area contributed by atoms with E-state index in [2.05, 4.69) is 4.98 Å². The van der Waals surface area contributed by atoms with Gasteiger partial charge in [0.15, 0.2) is 0 Å². The summed E-state index contributed by atoms with van der Waals surface area (Å²) in [6.07, 6.45) is 1.57. The lowest BCUT2D eigenvalue weighted by Gasteiger charge is -2.06. The number of aromatic carboxylic acids is 1. The van der Waals surface area contributed by atoms with Crippen LogP contribution >= 0.6 is 0 Å². The van der Waals surface area contributed by atoms with Crippen molar-refractivity contribution in [2.75, 3.05) is 0 Å². The minimum Gasteiger partial charge on any atom is -0.478 e. The number of carboxylic acids is 1. The quantitative estimate of drug-likeness (QED) is 0.796. The smallest absolute Gasteiger partial charge is 0.337 e. The Morgan fingerprint density at radius 2 is 2.05 bits per heavy atom. The van der Waals surface area contributed by atoms with Crippen LogP contribution in [0.25, 0.3) is 11.0 Å². The highest BCUT2D eigenvalue weighted by molar-refractivity contribution is 6.01. The third-order valence-electron chi connectivity index (χ3n) is 3.11. The minimum absolute atomic E-state index is 0.191. The molecule has 0 unspecified atom stereocenters. The van der Waals surface area contributed by atoms with Crippen molar-refractivity contribution in [2.45, 2.75) is 6.54 Å². The Morgan fingerprint density at radius 1 is 1.25 bits per heavy atom. The molecule has 0 radical (unpaired) electrons. The van der Waals surface area contributed by atoms with Gasteiger partial charge in [0.1, 0.15) is 5.82 Å². The van der Waals surface area contributed by atoms with E-state index in [0.717, 1.165) is 5.56 Å². The van der Waals surface area contributed by atoms with E-state index in [1.807, 2.05) is 0 Å². The molecule has 0 spiro atoms. The molecule has 5 heteroatoms. The minimum atomic E-state index is -1.00. The summed E-state index contributed by atoms with van der Waals surface area (Å²) in [5.41, 5.74) is 2.10. The molecule has 1 N–H and O–H groups in total. The Labute approximate surface area is 114 Å². The first-order chi connectivity index (χ1) is 9.65. The molecule has 1 heterocycles. The largest absolute Gasteiger partial charge is 0.478 e. The van der Waals surface area contributed by atoms with Gasteiger partial charge in [0.2, 0.25) is 0 Å². The highest BCUT2D eigenvalue weighted by Crippen LogP contribution is 2.19. The van der Waals surface area contributed by atoms with Crippen LogP contribution in [-0.2, 0) is 6.54 Å². The van der Waals surface area contributed by atoms with Crippen LogP contribution in [0, 0.1) is 5.82 Å². The van der Waals surface area contributed by atoms with E-state index in [-0.39, 0.29) is 11.4 Å². The van der Waals surface area contributed by atoms with Gasteiger partial charge in [-0.25, -0.2) is 14.2 Å². The fraction of sp³-hybridized carbons (Fsp3) is 0.0667. The van der Waals surface area contributed by atoms with Gasteiger partial charge in [0, 0.05) is 6.54 Å². The average Bonchev–Trinajstić information content (AvgIpc) is 2.82. The lowest BCUT2D eigenvalue weighted by molar-refractivity contribution is 0.0698.